The predicted molar refractivity (Wildman–Crippen MR) is 112 cm³/mol. The number of hydrogen-bond acceptors (Lipinski definition) is 5. The van der Waals surface area contributed by atoms with Crippen molar-refractivity contribution in [2.75, 3.05) is 34.4 Å². The molecule has 2 rings (SSSR count). The predicted octanol–water partition coefficient (Wildman–Crippen LogP) is 3.63. The number of nitrogens with zero attached hydrogens (tertiary/aromatic N) is 1. The van der Waals surface area contributed by atoms with Gasteiger partial charge in [-0.2, -0.15) is 11.3 Å². The monoisotopic (exact) mass is 391 g/mol. The quantitative estimate of drug-likeness (QED) is 0.505. The van der Waals surface area contributed by atoms with E-state index in [2.05, 4.69) is 34.4 Å². The summed E-state index contributed by atoms with van der Waals surface area (Å²) in [5.41, 5.74) is 2.21. The summed E-state index contributed by atoms with van der Waals surface area (Å²) in [6.45, 7) is 6.27. The number of ether oxygens (including phenoxy) is 3. The van der Waals surface area contributed by atoms with Gasteiger partial charge in [-0.25, -0.2) is 4.99 Å². The lowest BCUT2D eigenvalue weighted by Crippen LogP contribution is -2.39. The molecule has 27 heavy (non-hydrogen) atoms. The Hall–Kier alpha value is -2.41. The third kappa shape index (κ3) is 5.79. The average molecular weight is 392 g/mol. The normalized spacial score (nSPS) is 12.4. The van der Waals surface area contributed by atoms with Crippen molar-refractivity contribution in [3.8, 4) is 17.2 Å². The van der Waals surface area contributed by atoms with Gasteiger partial charge in [-0.15, -0.1) is 0 Å². The highest BCUT2D eigenvalue weighted by atomic mass is 32.1. The molecule has 0 aliphatic carbocycles. The van der Waals surface area contributed by atoms with Crippen molar-refractivity contribution in [3.63, 3.8) is 0 Å². The number of guanidine groups is 1. The van der Waals surface area contributed by atoms with Crippen LogP contribution in [0.4, 0.5) is 0 Å². The number of hydrogen-bond donors (Lipinski definition) is 2. The fraction of sp³-hybridized carbons (Fsp3) is 0.450. The van der Waals surface area contributed by atoms with Crippen LogP contribution in [-0.2, 0) is 6.54 Å². The molecule has 1 heterocycles. The van der Waals surface area contributed by atoms with E-state index in [9.17, 15) is 0 Å². The van der Waals surface area contributed by atoms with Gasteiger partial charge in [-0.05, 0) is 35.2 Å². The molecule has 0 amide bonds. The molecule has 0 saturated carbocycles. The Labute approximate surface area is 165 Å². The SMILES string of the molecule is CCNC(=NCc1c(OC)cc(OC)cc1OC)NCC(C)c1ccsc1. The van der Waals surface area contributed by atoms with Crippen molar-refractivity contribution >= 4 is 17.3 Å². The van der Waals surface area contributed by atoms with E-state index < -0.39 is 0 Å². The van der Waals surface area contributed by atoms with Crippen molar-refractivity contribution in [1.82, 2.24) is 10.6 Å². The lowest BCUT2D eigenvalue weighted by Gasteiger charge is -2.17. The molecule has 0 aliphatic rings. The minimum absolute atomic E-state index is 0.408. The molecule has 1 aromatic heterocycles. The van der Waals surface area contributed by atoms with Gasteiger partial charge in [0.05, 0.1) is 33.4 Å². The van der Waals surface area contributed by atoms with Crippen LogP contribution in [0.15, 0.2) is 34.0 Å². The minimum Gasteiger partial charge on any atom is -0.496 e. The number of rotatable bonds is 9. The number of thiophene rings is 1. The lowest BCUT2D eigenvalue weighted by molar-refractivity contribution is 0.369. The highest BCUT2D eigenvalue weighted by Crippen LogP contribution is 2.34. The molecular weight excluding hydrogens is 362 g/mol. The molecule has 0 aliphatic heterocycles. The molecule has 2 aromatic rings. The molecule has 6 nitrogen and oxygen atoms in total. The fourth-order valence-electron chi connectivity index (χ4n) is 2.66. The molecule has 0 saturated heterocycles. The van der Waals surface area contributed by atoms with Gasteiger partial charge in [0.2, 0.25) is 0 Å². The second kappa shape index (κ2) is 10.7. The summed E-state index contributed by atoms with van der Waals surface area (Å²) in [6, 6.07) is 5.84. The molecule has 0 radical (unpaired) electrons. The molecular formula is C20H29N3O3S. The maximum atomic E-state index is 5.50. The van der Waals surface area contributed by atoms with Crippen molar-refractivity contribution < 1.29 is 14.2 Å². The molecule has 1 aromatic carbocycles. The van der Waals surface area contributed by atoms with Crippen LogP contribution < -0.4 is 24.8 Å². The molecule has 148 valence electrons. The first-order valence-corrected chi connectivity index (χ1v) is 9.90. The molecule has 7 heteroatoms. The Balaban J connectivity index is 2.13. The summed E-state index contributed by atoms with van der Waals surface area (Å²) in [4.78, 5) is 4.71. The van der Waals surface area contributed by atoms with E-state index in [1.165, 1.54) is 5.56 Å². The Morgan fingerprint density at radius 2 is 1.81 bits per heavy atom. The Kier molecular flexibility index (Phi) is 8.26. The summed E-state index contributed by atoms with van der Waals surface area (Å²) in [5.74, 6) is 3.24. The maximum absolute atomic E-state index is 5.50. The molecule has 0 bridgehead atoms. The van der Waals surface area contributed by atoms with Gasteiger partial charge >= 0.3 is 0 Å². The first kappa shape index (κ1) is 20.9. The number of methoxy groups -OCH3 is 3. The van der Waals surface area contributed by atoms with Crippen LogP contribution in [0, 0.1) is 0 Å². The van der Waals surface area contributed by atoms with Crippen molar-refractivity contribution in [2.45, 2.75) is 26.3 Å². The molecule has 1 atom stereocenters. The Bertz CT molecular complexity index is 707. The highest BCUT2D eigenvalue weighted by molar-refractivity contribution is 7.07. The largest absolute Gasteiger partial charge is 0.496 e. The summed E-state index contributed by atoms with van der Waals surface area (Å²) in [7, 11) is 4.88. The fourth-order valence-corrected chi connectivity index (χ4v) is 3.44. The van der Waals surface area contributed by atoms with Crippen molar-refractivity contribution in [1.29, 1.82) is 0 Å². The van der Waals surface area contributed by atoms with E-state index >= 15 is 0 Å². The topological polar surface area (TPSA) is 64.1 Å². The van der Waals surface area contributed by atoms with E-state index in [1.807, 2.05) is 19.1 Å². The first-order valence-electron chi connectivity index (χ1n) is 8.96. The van der Waals surface area contributed by atoms with E-state index in [0.717, 1.165) is 24.6 Å². The zero-order valence-electron chi connectivity index (χ0n) is 16.7. The van der Waals surface area contributed by atoms with Crippen molar-refractivity contribution in [2.24, 2.45) is 4.99 Å². The third-order valence-corrected chi connectivity index (χ3v) is 4.95. The van der Waals surface area contributed by atoms with Gasteiger partial charge in [-0.1, -0.05) is 6.92 Å². The first-order chi connectivity index (χ1) is 13.1. The van der Waals surface area contributed by atoms with Crippen LogP contribution in [0.5, 0.6) is 17.2 Å². The molecule has 2 N–H and O–H groups in total. The van der Waals surface area contributed by atoms with Gasteiger partial charge < -0.3 is 24.8 Å². The van der Waals surface area contributed by atoms with Gasteiger partial charge in [0.15, 0.2) is 5.96 Å². The number of aliphatic imine (C=N–C) groups is 1. The molecule has 1 unspecified atom stereocenters. The van der Waals surface area contributed by atoms with Gasteiger partial charge in [0, 0.05) is 25.2 Å². The summed E-state index contributed by atoms with van der Waals surface area (Å²) in [5, 5.41) is 11.0. The van der Waals surface area contributed by atoms with Crippen LogP contribution in [0.2, 0.25) is 0 Å². The minimum atomic E-state index is 0.408. The van der Waals surface area contributed by atoms with Crippen LogP contribution >= 0.6 is 11.3 Å². The van der Waals surface area contributed by atoms with Crippen LogP contribution in [0.3, 0.4) is 0 Å². The zero-order chi connectivity index (χ0) is 19.6. The lowest BCUT2D eigenvalue weighted by atomic mass is 10.1. The average Bonchev–Trinajstić information content (AvgIpc) is 3.24. The summed E-state index contributed by atoms with van der Waals surface area (Å²) < 4.78 is 16.3. The maximum Gasteiger partial charge on any atom is 0.191 e. The van der Waals surface area contributed by atoms with Gasteiger partial charge in [-0.3, -0.25) is 0 Å². The third-order valence-electron chi connectivity index (χ3n) is 4.24. The highest BCUT2D eigenvalue weighted by Gasteiger charge is 2.13. The van der Waals surface area contributed by atoms with Crippen LogP contribution in [0.1, 0.15) is 30.9 Å². The summed E-state index contributed by atoms with van der Waals surface area (Å²) >= 11 is 1.72. The van der Waals surface area contributed by atoms with Crippen molar-refractivity contribution in [3.05, 3.63) is 40.1 Å². The van der Waals surface area contributed by atoms with E-state index in [-0.39, 0.29) is 0 Å². The number of benzene rings is 1. The Morgan fingerprint density at radius 3 is 2.33 bits per heavy atom. The molecule has 0 spiro atoms. The van der Waals surface area contributed by atoms with E-state index in [0.29, 0.717) is 29.7 Å². The smallest absolute Gasteiger partial charge is 0.191 e. The van der Waals surface area contributed by atoms with Gasteiger partial charge in [0.1, 0.15) is 17.2 Å². The van der Waals surface area contributed by atoms with E-state index in [1.54, 1.807) is 32.7 Å². The second-order valence-electron chi connectivity index (χ2n) is 6.04. The zero-order valence-corrected chi connectivity index (χ0v) is 17.5. The van der Waals surface area contributed by atoms with E-state index in [4.69, 9.17) is 19.2 Å². The standard InChI is InChI=1S/C20H29N3O3S/c1-6-21-20(22-11-14(2)15-7-8-27-13-15)23-12-17-18(25-4)9-16(24-3)10-19(17)26-5/h7-10,13-14H,6,11-12H2,1-5H3,(H2,21,22,23). The second-order valence-corrected chi connectivity index (χ2v) is 6.82. The van der Waals surface area contributed by atoms with Gasteiger partial charge in [0.25, 0.3) is 0 Å². The van der Waals surface area contributed by atoms with Crippen LogP contribution in [-0.4, -0.2) is 40.4 Å². The molecule has 0 fully saturated rings. The number of nitrogens with one attached hydrogen (secondary N) is 2. The van der Waals surface area contributed by atoms with Crippen LogP contribution in [0.25, 0.3) is 0 Å². The summed E-state index contributed by atoms with van der Waals surface area (Å²) in [6.07, 6.45) is 0. The Morgan fingerprint density at radius 1 is 1.11 bits per heavy atom.